The largest absolute Gasteiger partial charge is 0.378 e. The van der Waals surface area contributed by atoms with Crippen LogP contribution < -0.4 is 10.2 Å². The molecule has 1 amide bonds. The highest BCUT2D eigenvalue weighted by molar-refractivity contribution is 8.00. The number of anilines is 2. The van der Waals surface area contributed by atoms with Crippen LogP contribution >= 0.6 is 23.1 Å². The summed E-state index contributed by atoms with van der Waals surface area (Å²) in [6, 6.07) is 16.9. The van der Waals surface area contributed by atoms with Gasteiger partial charge in [-0.3, -0.25) is 10.1 Å². The predicted molar refractivity (Wildman–Crippen MR) is 109 cm³/mol. The molecular formula is C19H17N5OS2. The minimum absolute atomic E-state index is 0.210. The molecule has 0 aliphatic rings. The number of thioether (sulfide) groups is 1. The van der Waals surface area contributed by atoms with Crippen molar-refractivity contribution in [3.63, 3.8) is 0 Å². The molecule has 0 aliphatic carbocycles. The SMILES string of the molecule is CN(C)c1cccc(C(=O)Nc2nnc(SCc3ccc(C#N)cc3)s2)c1. The Kier molecular flexibility index (Phi) is 6.06. The van der Waals surface area contributed by atoms with Crippen LogP contribution in [0.5, 0.6) is 0 Å². The van der Waals surface area contributed by atoms with Gasteiger partial charge in [0.2, 0.25) is 5.13 Å². The van der Waals surface area contributed by atoms with Gasteiger partial charge in [-0.15, -0.1) is 10.2 Å². The van der Waals surface area contributed by atoms with Gasteiger partial charge in [0.05, 0.1) is 11.6 Å². The highest BCUT2D eigenvalue weighted by Gasteiger charge is 2.11. The zero-order valence-electron chi connectivity index (χ0n) is 14.8. The summed E-state index contributed by atoms with van der Waals surface area (Å²) in [4.78, 5) is 14.4. The third kappa shape index (κ3) is 5.06. The summed E-state index contributed by atoms with van der Waals surface area (Å²) in [6.07, 6.45) is 0. The topological polar surface area (TPSA) is 81.9 Å². The molecule has 0 radical (unpaired) electrons. The molecule has 136 valence electrons. The molecule has 0 saturated heterocycles. The third-order valence-electron chi connectivity index (χ3n) is 3.70. The van der Waals surface area contributed by atoms with E-state index in [1.165, 1.54) is 11.3 Å². The summed E-state index contributed by atoms with van der Waals surface area (Å²) in [6.45, 7) is 0. The van der Waals surface area contributed by atoms with Crippen molar-refractivity contribution in [3.8, 4) is 6.07 Å². The maximum absolute atomic E-state index is 12.4. The lowest BCUT2D eigenvalue weighted by atomic mass is 10.2. The average Bonchev–Trinajstić information content (AvgIpc) is 3.14. The van der Waals surface area contributed by atoms with E-state index < -0.39 is 0 Å². The number of carbonyl (C=O) groups excluding carboxylic acids is 1. The number of amides is 1. The van der Waals surface area contributed by atoms with E-state index in [9.17, 15) is 4.79 Å². The molecule has 27 heavy (non-hydrogen) atoms. The molecule has 0 unspecified atom stereocenters. The Bertz CT molecular complexity index is 976. The van der Waals surface area contributed by atoms with E-state index in [-0.39, 0.29) is 5.91 Å². The van der Waals surface area contributed by atoms with Gasteiger partial charge in [0.1, 0.15) is 0 Å². The van der Waals surface area contributed by atoms with Crippen LogP contribution in [0.1, 0.15) is 21.5 Å². The van der Waals surface area contributed by atoms with Gasteiger partial charge in [0.15, 0.2) is 4.34 Å². The summed E-state index contributed by atoms with van der Waals surface area (Å²) in [5.74, 6) is 0.512. The van der Waals surface area contributed by atoms with Crippen LogP contribution in [0.2, 0.25) is 0 Å². The smallest absolute Gasteiger partial charge is 0.257 e. The van der Waals surface area contributed by atoms with Crippen molar-refractivity contribution >= 4 is 39.8 Å². The molecule has 2 aromatic carbocycles. The van der Waals surface area contributed by atoms with Gasteiger partial charge in [-0.1, -0.05) is 41.3 Å². The van der Waals surface area contributed by atoms with Crippen molar-refractivity contribution in [2.75, 3.05) is 24.3 Å². The predicted octanol–water partition coefficient (Wildman–Crippen LogP) is 4.02. The van der Waals surface area contributed by atoms with E-state index in [2.05, 4.69) is 21.6 Å². The lowest BCUT2D eigenvalue weighted by molar-refractivity contribution is 0.102. The van der Waals surface area contributed by atoms with Crippen LogP contribution in [0.15, 0.2) is 52.9 Å². The molecule has 1 heterocycles. The molecule has 0 bridgehead atoms. The van der Waals surface area contributed by atoms with Crippen molar-refractivity contribution in [3.05, 3.63) is 65.2 Å². The molecular weight excluding hydrogens is 378 g/mol. The maximum Gasteiger partial charge on any atom is 0.257 e. The highest BCUT2D eigenvalue weighted by Crippen LogP contribution is 2.28. The van der Waals surface area contributed by atoms with Gasteiger partial charge in [-0.05, 0) is 35.9 Å². The zero-order valence-corrected chi connectivity index (χ0v) is 16.5. The first-order chi connectivity index (χ1) is 13.0. The van der Waals surface area contributed by atoms with Crippen molar-refractivity contribution < 1.29 is 4.79 Å². The van der Waals surface area contributed by atoms with Crippen LogP contribution in [-0.2, 0) is 5.75 Å². The van der Waals surface area contributed by atoms with Crippen LogP contribution in [0.25, 0.3) is 0 Å². The van der Waals surface area contributed by atoms with Gasteiger partial charge in [-0.2, -0.15) is 5.26 Å². The molecule has 0 aliphatic heterocycles. The number of aromatic nitrogens is 2. The quantitative estimate of drug-likeness (QED) is 0.501. The van der Waals surface area contributed by atoms with E-state index in [0.29, 0.717) is 16.3 Å². The second-order valence-electron chi connectivity index (χ2n) is 5.87. The van der Waals surface area contributed by atoms with Crippen LogP contribution in [0.3, 0.4) is 0 Å². The lowest BCUT2D eigenvalue weighted by Crippen LogP contribution is -2.14. The third-order valence-corrected chi connectivity index (χ3v) is 5.74. The van der Waals surface area contributed by atoms with Crippen molar-refractivity contribution in [1.82, 2.24) is 10.2 Å². The minimum atomic E-state index is -0.210. The standard InChI is InChI=1S/C19H17N5OS2/c1-24(2)16-5-3-4-15(10-16)17(25)21-18-22-23-19(27-18)26-12-14-8-6-13(11-20)7-9-14/h3-10H,12H2,1-2H3,(H,21,22,25). The summed E-state index contributed by atoms with van der Waals surface area (Å²) < 4.78 is 0.775. The number of nitrogens with one attached hydrogen (secondary N) is 1. The van der Waals surface area contributed by atoms with Crippen LogP contribution in [0, 0.1) is 11.3 Å². The highest BCUT2D eigenvalue weighted by atomic mass is 32.2. The Hall–Kier alpha value is -2.89. The fraction of sp³-hybridized carbons (Fsp3) is 0.158. The average molecular weight is 396 g/mol. The molecule has 1 aromatic heterocycles. The van der Waals surface area contributed by atoms with Crippen molar-refractivity contribution in [2.24, 2.45) is 0 Å². The van der Waals surface area contributed by atoms with Crippen molar-refractivity contribution in [1.29, 1.82) is 5.26 Å². The number of rotatable bonds is 6. The number of benzene rings is 2. The van der Waals surface area contributed by atoms with Crippen LogP contribution in [-0.4, -0.2) is 30.2 Å². The molecule has 8 heteroatoms. The van der Waals surface area contributed by atoms with Gasteiger partial charge < -0.3 is 4.90 Å². The van der Waals surface area contributed by atoms with E-state index in [0.717, 1.165) is 21.3 Å². The van der Waals surface area contributed by atoms with Crippen LogP contribution in [0.4, 0.5) is 10.8 Å². The summed E-state index contributed by atoms with van der Waals surface area (Å²) in [5, 5.41) is 20.2. The molecule has 3 aromatic rings. The second-order valence-corrected chi connectivity index (χ2v) is 8.07. The summed E-state index contributed by atoms with van der Waals surface area (Å²) in [5.41, 5.74) is 3.27. The van der Waals surface area contributed by atoms with Crippen molar-refractivity contribution in [2.45, 2.75) is 10.1 Å². The normalized spacial score (nSPS) is 10.3. The second kappa shape index (κ2) is 8.66. The molecule has 0 saturated carbocycles. The van der Waals surface area contributed by atoms with Gasteiger partial charge >= 0.3 is 0 Å². The molecule has 0 atom stereocenters. The Morgan fingerprint density at radius 1 is 1.22 bits per heavy atom. The molecule has 0 spiro atoms. The monoisotopic (exact) mass is 395 g/mol. The first kappa shape index (κ1) is 18.9. The minimum Gasteiger partial charge on any atom is -0.378 e. The van der Waals surface area contributed by atoms with Gasteiger partial charge in [-0.25, -0.2) is 0 Å². The molecule has 3 rings (SSSR count). The first-order valence-electron chi connectivity index (χ1n) is 8.09. The van der Waals surface area contributed by atoms with Gasteiger partial charge in [0.25, 0.3) is 5.91 Å². The Balaban J connectivity index is 1.59. The fourth-order valence-corrected chi connectivity index (χ4v) is 3.94. The molecule has 1 N–H and O–H groups in total. The first-order valence-corrected chi connectivity index (χ1v) is 9.89. The van der Waals surface area contributed by atoms with Gasteiger partial charge in [0, 0.05) is 31.1 Å². The van der Waals surface area contributed by atoms with E-state index >= 15 is 0 Å². The summed E-state index contributed by atoms with van der Waals surface area (Å²) >= 11 is 2.88. The number of nitriles is 1. The lowest BCUT2D eigenvalue weighted by Gasteiger charge is -2.13. The van der Waals surface area contributed by atoms with E-state index in [4.69, 9.17) is 5.26 Å². The number of nitrogens with zero attached hydrogens (tertiary/aromatic N) is 4. The number of carbonyl (C=O) groups is 1. The Morgan fingerprint density at radius 3 is 2.70 bits per heavy atom. The number of hydrogen-bond acceptors (Lipinski definition) is 7. The molecule has 6 nitrogen and oxygen atoms in total. The fourth-order valence-electron chi connectivity index (χ4n) is 2.23. The van der Waals surface area contributed by atoms with E-state index in [1.807, 2.05) is 49.3 Å². The maximum atomic E-state index is 12.4. The zero-order chi connectivity index (χ0) is 19.2. The summed E-state index contributed by atoms with van der Waals surface area (Å²) in [7, 11) is 3.86. The number of hydrogen-bond donors (Lipinski definition) is 1. The molecule has 0 fully saturated rings. The Labute approximate surface area is 165 Å². The van der Waals surface area contributed by atoms with E-state index in [1.54, 1.807) is 30.0 Å². The Morgan fingerprint density at radius 2 is 2.00 bits per heavy atom.